The quantitative estimate of drug-likeness (QED) is 0.464. The van der Waals surface area contributed by atoms with Crippen LogP contribution in [-0.4, -0.2) is 49.1 Å². The van der Waals surface area contributed by atoms with Crippen LogP contribution in [0, 0.1) is 0 Å². The summed E-state index contributed by atoms with van der Waals surface area (Å²) in [4.78, 5) is 27.5. The second-order valence-electron chi connectivity index (χ2n) is 7.92. The summed E-state index contributed by atoms with van der Waals surface area (Å²) in [6.07, 6.45) is 4.02. The Bertz CT molecular complexity index is 922. The molecule has 1 heterocycles. The summed E-state index contributed by atoms with van der Waals surface area (Å²) in [5.41, 5.74) is 1.66. The number of halogens is 1. The van der Waals surface area contributed by atoms with E-state index in [1.807, 2.05) is 4.90 Å². The normalized spacial score (nSPS) is 15.4. The minimum atomic E-state index is -0.250. The predicted molar refractivity (Wildman–Crippen MR) is 129 cm³/mol. The number of hydrogen-bond acceptors (Lipinski definition) is 4. The number of hydrogen-bond donors (Lipinski definition) is 1. The van der Waals surface area contributed by atoms with Crippen molar-refractivity contribution in [3.63, 3.8) is 0 Å². The molecule has 3 rings (SSSR count). The monoisotopic (exact) mass is 502 g/mol. The second-order valence-corrected chi connectivity index (χ2v) is 8.77. The van der Waals surface area contributed by atoms with E-state index in [1.165, 1.54) is 0 Å². The predicted octanol–water partition coefficient (Wildman–Crippen LogP) is 5.52. The highest BCUT2D eigenvalue weighted by Crippen LogP contribution is 2.27. The molecule has 1 aliphatic rings. The fourth-order valence-corrected chi connectivity index (χ4v) is 4.18. The van der Waals surface area contributed by atoms with Crippen LogP contribution in [0.5, 0.6) is 5.75 Å². The SMILES string of the molecule is CCCN(CCC)C(=O)c1cccc(NC(=O)c2ccc(OCC3CCCO3)c(Br)c2)c1. The number of carbonyl (C=O) groups excluding carboxylic acids is 2. The number of rotatable bonds is 10. The van der Waals surface area contributed by atoms with Gasteiger partial charge in [0, 0.05) is 36.5 Å². The summed E-state index contributed by atoms with van der Waals surface area (Å²) in [6.45, 7) is 6.85. The maximum absolute atomic E-state index is 12.9. The van der Waals surface area contributed by atoms with Crippen LogP contribution in [0.3, 0.4) is 0 Å². The van der Waals surface area contributed by atoms with Crippen molar-refractivity contribution in [1.29, 1.82) is 0 Å². The first-order chi connectivity index (χ1) is 15.5. The second kappa shape index (κ2) is 12.0. The molecule has 1 atom stereocenters. The van der Waals surface area contributed by atoms with Gasteiger partial charge in [-0.3, -0.25) is 9.59 Å². The molecular weight excluding hydrogens is 472 g/mol. The number of anilines is 1. The van der Waals surface area contributed by atoms with Gasteiger partial charge in [-0.25, -0.2) is 0 Å². The van der Waals surface area contributed by atoms with Crippen LogP contribution in [0.1, 0.15) is 60.2 Å². The number of benzene rings is 2. The van der Waals surface area contributed by atoms with Crippen LogP contribution in [0.2, 0.25) is 0 Å². The largest absolute Gasteiger partial charge is 0.490 e. The van der Waals surface area contributed by atoms with Gasteiger partial charge in [0.2, 0.25) is 0 Å². The zero-order valence-corrected chi connectivity index (χ0v) is 20.3. The number of nitrogens with one attached hydrogen (secondary N) is 1. The van der Waals surface area contributed by atoms with E-state index in [-0.39, 0.29) is 17.9 Å². The van der Waals surface area contributed by atoms with Crippen LogP contribution in [0.25, 0.3) is 0 Å². The average Bonchev–Trinajstić information content (AvgIpc) is 3.31. The minimum Gasteiger partial charge on any atom is -0.490 e. The lowest BCUT2D eigenvalue weighted by Gasteiger charge is -2.21. The topological polar surface area (TPSA) is 67.9 Å². The molecule has 1 N–H and O–H groups in total. The Morgan fingerprint density at radius 3 is 2.56 bits per heavy atom. The first kappa shape index (κ1) is 24.3. The molecule has 0 radical (unpaired) electrons. The van der Waals surface area contributed by atoms with Gasteiger partial charge in [-0.15, -0.1) is 0 Å². The van der Waals surface area contributed by atoms with Crippen LogP contribution < -0.4 is 10.1 Å². The van der Waals surface area contributed by atoms with Gasteiger partial charge in [-0.1, -0.05) is 19.9 Å². The molecule has 6 nitrogen and oxygen atoms in total. The van der Waals surface area contributed by atoms with Gasteiger partial charge >= 0.3 is 0 Å². The van der Waals surface area contributed by atoms with E-state index >= 15 is 0 Å². The zero-order valence-electron chi connectivity index (χ0n) is 18.7. The molecule has 0 spiro atoms. The molecule has 1 fully saturated rings. The standard InChI is InChI=1S/C25H31BrN2O4/c1-3-12-28(13-4-2)25(30)19-7-5-8-20(15-19)27-24(29)18-10-11-23(22(26)16-18)32-17-21-9-6-14-31-21/h5,7-8,10-11,15-16,21H,3-4,6,9,12-14,17H2,1-2H3,(H,27,29). The molecule has 32 heavy (non-hydrogen) atoms. The smallest absolute Gasteiger partial charge is 0.255 e. The summed E-state index contributed by atoms with van der Waals surface area (Å²) in [7, 11) is 0. The van der Waals surface area contributed by atoms with E-state index in [9.17, 15) is 9.59 Å². The van der Waals surface area contributed by atoms with Gasteiger partial charge in [0.05, 0.1) is 10.6 Å². The third-order valence-corrected chi connectivity index (χ3v) is 5.90. The molecule has 2 aromatic carbocycles. The first-order valence-electron chi connectivity index (χ1n) is 11.3. The lowest BCUT2D eigenvalue weighted by molar-refractivity contribution is 0.0677. The van der Waals surface area contributed by atoms with Gasteiger partial charge in [0.1, 0.15) is 12.4 Å². The summed E-state index contributed by atoms with van der Waals surface area (Å²) in [6, 6.07) is 12.3. The van der Waals surface area contributed by atoms with Gasteiger partial charge < -0.3 is 19.7 Å². The molecule has 1 unspecified atom stereocenters. The summed E-state index contributed by atoms with van der Waals surface area (Å²) in [5, 5.41) is 2.89. The molecule has 2 amide bonds. The van der Waals surface area contributed by atoms with Crippen molar-refractivity contribution in [3.05, 3.63) is 58.1 Å². The summed E-state index contributed by atoms with van der Waals surface area (Å²) in [5.74, 6) is 0.414. The van der Waals surface area contributed by atoms with Crippen molar-refractivity contribution in [3.8, 4) is 5.75 Å². The molecule has 2 aromatic rings. The zero-order chi connectivity index (χ0) is 22.9. The molecule has 1 saturated heterocycles. The maximum Gasteiger partial charge on any atom is 0.255 e. The Morgan fingerprint density at radius 1 is 1.12 bits per heavy atom. The first-order valence-corrected chi connectivity index (χ1v) is 12.1. The van der Waals surface area contributed by atoms with E-state index in [2.05, 4.69) is 35.1 Å². The van der Waals surface area contributed by atoms with E-state index in [0.717, 1.165) is 45.4 Å². The van der Waals surface area contributed by atoms with Gasteiger partial charge in [0.25, 0.3) is 11.8 Å². The Hall–Kier alpha value is -2.38. The molecule has 0 saturated carbocycles. The number of amides is 2. The van der Waals surface area contributed by atoms with Crippen molar-refractivity contribution in [1.82, 2.24) is 4.90 Å². The highest BCUT2D eigenvalue weighted by atomic mass is 79.9. The van der Waals surface area contributed by atoms with Crippen LogP contribution >= 0.6 is 15.9 Å². The van der Waals surface area contributed by atoms with Crippen molar-refractivity contribution < 1.29 is 19.1 Å². The lowest BCUT2D eigenvalue weighted by Crippen LogP contribution is -2.32. The molecule has 0 aliphatic carbocycles. The van der Waals surface area contributed by atoms with Crippen molar-refractivity contribution in [2.75, 3.05) is 31.6 Å². The van der Waals surface area contributed by atoms with Gasteiger partial charge in [-0.2, -0.15) is 0 Å². The minimum absolute atomic E-state index is 0.0136. The molecule has 1 aliphatic heterocycles. The van der Waals surface area contributed by atoms with Gasteiger partial charge in [0.15, 0.2) is 0 Å². The molecule has 7 heteroatoms. The highest BCUT2D eigenvalue weighted by Gasteiger charge is 2.18. The van der Waals surface area contributed by atoms with Crippen LogP contribution in [0.4, 0.5) is 5.69 Å². The van der Waals surface area contributed by atoms with Gasteiger partial charge in [-0.05, 0) is 78.0 Å². The number of ether oxygens (including phenoxy) is 2. The third kappa shape index (κ3) is 6.56. The summed E-state index contributed by atoms with van der Waals surface area (Å²) >= 11 is 3.49. The average molecular weight is 503 g/mol. The Morgan fingerprint density at radius 2 is 1.91 bits per heavy atom. The third-order valence-electron chi connectivity index (χ3n) is 5.28. The van der Waals surface area contributed by atoms with Crippen molar-refractivity contribution in [2.24, 2.45) is 0 Å². The Kier molecular flexibility index (Phi) is 9.11. The Balaban J connectivity index is 1.64. The summed E-state index contributed by atoms with van der Waals surface area (Å²) < 4.78 is 12.1. The van der Waals surface area contributed by atoms with Crippen molar-refractivity contribution >= 4 is 33.4 Å². The van der Waals surface area contributed by atoms with E-state index in [4.69, 9.17) is 9.47 Å². The molecule has 172 valence electrons. The molecule has 0 bridgehead atoms. The molecular formula is C25H31BrN2O4. The van der Waals surface area contributed by atoms with Crippen LogP contribution in [0.15, 0.2) is 46.9 Å². The fourth-order valence-electron chi connectivity index (χ4n) is 3.69. The van der Waals surface area contributed by atoms with E-state index in [1.54, 1.807) is 42.5 Å². The number of carbonyl (C=O) groups is 2. The Labute approximate surface area is 198 Å². The maximum atomic E-state index is 12.9. The lowest BCUT2D eigenvalue weighted by atomic mass is 10.1. The van der Waals surface area contributed by atoms with E-state index < -0.39 is 0 Å². The van der Waals surface area contributed by atoms with Crippen LogP contribution in [-0.2, 0) is 4.74 Å². The highest BCUT2D eigenvalue weighted by molar-refractivity contribution is 9.10. The molecule has 0 aromatic heterocycles. The van der Waals surface area contributed by atoms with E-state index in [0.29, 0.717) is 33.6 Å². The fraction of sp³-hybridized carbons (Fsp3) is 0.440. The number of nitrogens with zero attached hydrogens (tertiary/aromatic N) is 1. The van der Waals surface area contributed by atoms with Crippen molar-refractivity contribution in [2.45, 2.75) is 45.6 Å².